The van der Waals surface area contributed by atoms with Crippen LogP contribution >= 0.6 is 11.3 Å². The van der Waals surface area contributed by atoms with Gasteiger partial charge in [-0.3, -0.25) is 0 Å². The number of hydrogen-bond donors (Lipinski definition) is 1. The molecule has 1 heterocycles. The molecule has 0 saturated heterocycles. The third-order valence-corrected chi connectivity index (χ3v) is 5.25. The molecule has 2 aromatic rings. The van der Waals surface area contributed by atoms with Gasteiger partial charge in [-0.25, -0.2) is 4.98 Å². The van der Waals surface area contributed by atoms with Gasteiger partial charge in [-0.2, -0.15) is 0 Å². The normalized spacial score (nSPS) is 21.5. The number of nitrogens with zero attached hydrogens (tertiary/aromatic N) is 1. The highest BCUT2D eigenvalue weighted by Gasteiger charge is 2.39. The highest BCUT2D eigenvalue weighted by Crippen LogP contribution is 2.43. The van der Waals surface area contributed by atoms with E-state index in [0.717, 1.165) is 29.3 Å². The first kappa shape index (κ1) is 12.6. The number of ether oxygens (including phenoxy) is 1. The van der Waals surface area contributed by atoms with Gasteiger partial charge in [0.2, 0.25) is 0 Å². The summed E-state index contributed by atoms with van der Waals surface area (Å²) in [5.41, 5.74) is 9.80. The lowest BCUT2D eigenvalue weighted by atomic mass is 9.93. The Balaban J connectivity index is 2.13. The molecule has 100 valence electrons. The van der Waals surface area contributed by atoms with Crippen LogP contribution in [0.25, 0.3) is 0 Å². The van der Waals surface area contributed by atoms with Crippen molar-refractivity contribution in [1.29, 1.82) is 0 Å². The minimum atomic E-state index is -0.451. The minimum absolute atomic E-state index is 0.451. The number of thiazole rings is 1. The smallest absolute Gasteiger partial charge is 0.119 e. The molecule has 2 N–H and O–H groups in total. The summed E-state index contributed by atoms with van der Waals surface area (Å²) in [6, 6.07) is 6.19. The van der Waals surface area contributed by atoms with Gasteiger partial charge in [-0.15, -0.1) is 11.3 Å². The standard InChI is InChI=1S/C15H18N2OS/c1-9-10(2)19-14(17-9)15(16)7-6-11-4-5-12(18-3)8-13(11)15/h4-5,8H,6-7,16H2,1-3H3. The molecule has 1 unspecified atom stereocenters. The van der Waals surface area contributed by atoms with E-state index < -0.39 is 5.54 Å². The van der Waals surface area contributed by atoms with Crippen LogP contribution in [0.4, 0.5) is 0 Å². The van der Waals surface area contributed by atoms with Gasteiger partial charge in [0.15, 0.2) is 0 Å². The topological polar surface area (TPSA) is 48.1 Å². The third kappa shape index (κ3) is 1.86. The molecule has 19 heavy (non-hydrogen) atoms. The minimum Gasteiger partial charge on any atom is -0.497 e. The van der Waals surface area contributed by atoms with Gasteiger partial charge < -0.3 is 10.5 Å². The van der Waals surface area contributed by atoms with Crippen molar-refractivity contribution in [1.82, 2.24) is 4.98 Å². The Bertz CT molecular complexity index is 616. The first-order chi connectivity index (χ1) is 9.04. The van der Waals surface area contributed by atoms with E-state index in [4.69, 9.17) is 10.5 Å². The highest BCUT2D eigenvalue weighted by molar-refractivity contribution is 7.11. The van der Waals surface area contributed by atoms with Gasteiger partial charge in [0, 0.05) is 4.88 Å². The van der Waals surface area contributed by atoms with E-state index in [2.05, 4.69) is 24.0 Å². The SMILES string of the molecule is COc1ccc2c(c1)C(N)(c1nc(C)c(C)s1)CC2. The highest BCUT2D eigenvalue weighted by atomic mass is 32.1. The van der Waals surface area contributed by atoms with Gasteiger partial charge in [0.25, 0.3) is 0 Å². The molecule has 0 bridgehead atoms. The monoisotopic (exact) mass is 274 g/mol. The summed E-state index contributed by atoms with van der Waals surface area (Å²) in [5.74, 6) is 0.862. The Hall–Kier alpha value is -1.39. The van der Waals surface area contributed by atoms with Crippen LogP contribution in [0.5, 0.6) is 5.75 Å². The fourth-order valence-electron chi connectivity index (χ4n) is 2.67. The zero-order chi connectivity index (χ0) is 13.6. The van der Waals surface area contributed by atoms with E-state index in [0.29, 0.717) is 0 Å². The van der Waals surface area contributed by atoms with Crippen LogP contribution in [0, 0.1) is 13.8 Å². The second kappa shape index (κ2) is 4.32. The Kier molecular flexibility index (Phi) is 2.87. The van der Waals surface area contributed by atoms with Crippen molar-refractivity contribution >= 4 is 11.3 Å². The van der Waals surface area contributed by atoms with Crippen molar-refractivity contribution < 1.29 is 4.74 Å². The van der Waals surface area contributed by atoms with Crippen LogP contribution in [0.3, 0.4) is 0 Å². The van der Waals surface area contributed by atoms with Gasteiger partial charge in [-0.1, -0.05) is 6.07 Å². The number of aryl methyl sites for hydroxylation is 3. The summed E-state index contributed by atoms with van der Waals surface area (Å²) in [6.45, 7) is 4.14. The van der Waals surface area contributed by atoms with Crippen LogP contribution < -0.4 is 10.5 Å². The molecule has 0 amide bonds. The largest absolute Gasteiger partial charge is 0.497 e. The number of benzene rings is 1. The molecule has 0 fully saturated rings. The summed E-state index contributed by atoms with van der Waals surface area (Å²) in [7, 11) is 1.69. The van der Waals surface area contributed by atoms with Crippen molar-refractivity contribution in [3.8, 4) is 5.75 Å². The van der Waals surface area contributed by atoms with Gasteiger partial charge in [0.1, 0.15) is 10.8 Å². The van der Waals surface area contributed by atoms with Gasteiger partial charge in [-0.05, 0) is 49.9 Å². The van der Waals surface area contributed by atoms with Crippen molar-refractivity contribution in [3.63, 3.8) is 0 Å². The predicted molar refractivity (Wildman–Crippen MR) is 77.9 cm³/mol. The number of rotatable bonds is 2. The van der Waals surface area contributed by atoms with Gasteiger partial charge in [0.05, 0.1) is 18.3 Å². The molecular weight excluding hydrogens is 256 g/mol. The number of hydrogen-bond acceptors (Lipinski definition) is 4. The molecule has 4 heteroatoms. The quantitative estimate of drug-likeness (QED) is 0.916. The maximum Gasteiger partial charge on any atom is 0.119 e. The average molecular weight is 274 g/mol. The zero-order valence-corrected chi connectivity index (χ0v) is 12.3. The molecule has 0 spiro atoms. The molecule has 1 aliphatic rings. The number of methoxy groups -OCH3 is 1. The molecular formula is C15H18N2OS. The van der Waals surface area contributed by atoms with Crippen LogP contribution in [0.15, 0.2) is 18.2 Å². The molecule has 0 saturated carbocycles. The third-order valence-electron chi connectivity index (χ3n) is 4.00. The van der Waals surface area contributed by atoms with Crippen molar-refractivity contribution in [2.45, 2.75) is 32.2 Å². The Morgan fingerprint density at radius 2 is 2.16 bits per heavy atom. The molecule has 1 aromatic heterocycles. The Labute approximate surface area is 117 Å². The summed E-state index contributed by atoms with van der Waals surface area (Å²) in [5, 5.41) is 1.02. The molecule has 1 atom stereocenters. The molecule has 3 rings (SSSR count). The van der Waals surface area contributed by atoms with E-state index in [9.17, 15) is 0 Å². The van der Waals surface area contributed by atoms with E-state index in [1.807, 2.05) is 13.0 Å². The Morgan fingerprint density at radius 3 is 2.79 bits per heavy atom. The maximum absolute atomic E-state index is 6.69. The Morgan fingerprint density at radius 1 is 1.37 bits per heavy atom. The van der Waals surface area contributed by atoms with Crippen LogP contribution in [0.1, 0.15) is 33.1 Å². The molecule has 1 aromatic carbocycles. The fourth-order valence-corrected chi connectivity index (χ4v) is 3.73. The van der Waals surface area contributed by atoms with Crippen LogP contribution in [-0.4, -0.2) is 12.1 Å². The van der Waals surface area contributed by atoms with E-state index in [-0.39, 0.29) is 0 Å². The summed E-state index contributed by atoms with van der Waals surface area (Å²) in [6.07, 6.45) is 1.93. The lowest BCUT2D eigenvalue weighted by molar-refractivity contribution is 0.413. The molecule has 1 aliphatic carbocycles. The summed E-state index contributed by atoms with van der Waals surface area (Å²) in [4.78, 5) is 5.92. The lowest BCUT2D eigenvalue weighted by Crippen LogP contribution is -2.35. The lowest BCUT2D eigenvalue weighted by Gasteiger charge is -2.23. The number of fused-ring (bicyclic) bond motifs is 1. The van der Waals surface area contributed by atoms with Crippen molar-refractivity contribution in [3.05, 3.63) is 44.9 Å². The predicted octanol–water partition coefficient (Wildman–Crippen LogP) is 2.92. The molecule has 0 radical (unpaired) electrons. The fraction of sp³-hybridized carbons (Fsp3) is 0.400. The zero-order valence-electron chi connectivity index (χ0n) is 11.5. The summed E-state index contributed by atoms with van der Waals surface area (Å²) >= 11 is 1.71. The van der Waals surface area contributed by atoms with Crippen LogP contribution in [-0.2, 0) is 12.0 Å². The van der Waals surface area contributed by atoms with E-state index >= 15 is 0 Å². The second-order valence-corrected chi connectivity index (χ2v) is 6.36. The number of nitrogens with two attached hydrogens (primary N) is 1. The summed E-state index contributed by atoms with van der Waals surface area (Å²) < 4.78 is 5.33. The first-order valence-corrected chi connectivity index (χ1v) is 7.27. The molecule has 3 nitrogen and oxygen atoms in total. The molecule has 0 aliphatic heterocycles. The van der Waals surface area contributed by atoms with Gasteiger partial charge >= 0.3 is 0 Å². The maximum atomic E-state index is 6.69. The van der Waals surface area contributed by atoms with Crippen LogP contribution in [0.2, 0.25) is 0 Å². The van der Waals surface area contributed by atoms with Crippen molar-refractivity contribution in [2.75, 3.05) is 7.11 Å². The van der Waals surface area contributed by atoms with E-state index in [1.54, 1.807) is 18.4 Å². The first-order valence-electron chi connectivity index (χ1n) is 6.45. The number of aromatic nitrogens is 1. The second-order valence-electron chi connectivity index (χ2n) is 5.16. The van der Waals surface area contributed by atoms with E-state index in [1.165, 1.54) is 16.0 Å². The van der Waals surface area contributed by atoms with Crippen molar-refractivity contribution in [2.24, 2.45) is 5.73 Å². The average Bonchev–Trinajstić information content (AvgIpc) is 2.92.